The first-order valence-electron chi connectivity index (χ1n) is 7.86. The molecule has 0 bridgehead atoms. The first kappa shape index (κ1) is 20.4. The SMILES string of the molecule is COc1ccc(OCC(O)CNC(=O)c2ccc(OC(F)(F)F)cc2)cc1. The third-order valence-electron chi connectivity index (χ3n) is 3.35. The quantitative estimate of drug-likeness (QED) is 0.731. The second-order valence-electron chi connectivity index (χ2n) is 5.42. The number of carbonyl (C=O) groups is 1. The molecule has 0 saturated heterocycles. The van der Waals surface area contributed by atoms with Gasteiger partial charge in [-0.3, -0.25) is 4.79 Å². The molecule has 2 aromatic carbocycles. The first-order valence-corrected chi connectivity index (χ1v) is 7.86. The van der Waals surface area contributed by atoms with Gasteiger partial charge in [0.05, 0.1) is 7.11 Å². The number of methoxy groups -OCH3 is 1. The third kappa shape index (κ3) is 7.06. The standard InChI is InChI=1S/C18H18F3NO5/c1-25-14-6-8-15(9-7-14)26-11-13(23)10-22-17(24)12-2-4-16(5-3-12)27-18(19,20)21/h2-9,13,23H,10-11H2,1H3,(H,22,24). The molecule has 6 nitrogen and oxygen atoms in total. The molecule has 2 rings (SSSR count). The van der Waals surface area contributed by atoms with E-state index >= 15 is 0 Å². The van der Waals surface area contributed by atoms with Crippen LogP contribution in [-0.4, -0.2) is 43.7 Å². The predicted molar refractivity (Wildman–Crippen MR) is 90.0 cm³/mol. The van der Waals surface area contributed by atoms with Crippen LogP contribution in [0.4, 0.5) is 13.2 Å². The van der Waals surface area contributed by atoms with Crippen LogP contribution >= 0.6 is 0 Å². The van der Waals surface area contributed by atoms with Gasteiger partial charge in [0, 0.05) is 12.1 Å². The molecule has 1 unspecified atom stereocenters. The average molecular weight is 385 g/mol. The molecule has 2 N–H and O–H groups in total. The highest BCUT2D eigenvalue weighted by molar-refractivity contribution is 5.94. The van der Waals surface area contributed by atoms with Gasteiger partial charge in [0.1, 0.15) is 30.0 Å². The zero-order valence-corrected chi connectivity index (χ0v) is 14.3. The summed E-state index contributed by atoms with van der Waals surface area (Å²) in [6.45, 7) is -0.138. The number of alkyl halides is 3. The van der Waals surface area contributed by atoms with E-state index in [-0.39, 0.29) is 18.7 Å². The molecule has 0 aliphatic heterocycles. The van der Waals surface area contributed by atoms with Gasteiger partial charge < -0.3 is 24.6 Å². The Labute approximate surface area is 153 Å². The Kier molecular flexibility index (Phi) is 6.89. The Morgan fingerprint density at radius 3 is 2.15 bits per heavy atom. The third-order valence-corrected chi connectivity index (χ3v) is 3.35. The second-order valence-corrected chi connectivity index (χ2v) is 5.42. The summed E-state index contributed by atoms with van der Waals surface area (Å²) in [6, 6.07) is 11.2. The number of benzene rings is 2. The molecular formula is C18H18F3NO5. The lowest BCUT2D eigenvalue weighted by Crippen LogP contribution is -2.35. The fourth-order valence-electron chi connectivity index (χ4n) is 2.04. The maximum Gasteiger partial charge on any atom is 0.573 e. The van der Waals surface area contributed by atoms with Crippen LogP contribution in [0.5, 0.6) is 17.2 Å². The Morgan fingerprint density at radius 2 is 1.59 bits per heavy atom. The summed E-state index contributed by atoms with van der Waals surface area (Å²) in [5, 5.41) is 12.3. The topological polar surface area (TPSA) is 77.0 Å². The van der Waals surface area contributed by atoms with Crippen LogP contribution in [0, 0.1) is 0 Å². The van der Waals surface area contributed by atoms with Crippen LogP contribution in [-0.2, 0) is 0 Å². The van der Waals surface area contributed by atoms with Crippen molar-refractivity contribution in [2.45, 2.75) is 12.5 Å². The highest BCUT2D eigenvalue weighted by Gasteiger charge is 2.31. The number of aliphatic hydroxyl groups is 1. The van der Waals surface area contributed by atoms with E-state index in [4.69, 9.17) is 9.47 Å². The zero-order valence-electron chi connectivity index (χ0n) is 14.3. The van der Waals surface area contributed by atoms with Crippen LogP contribution in [0.1, 0.15) is 10.4 Å². The Balaban J connectivity index is 1.76. The van der Waals surface area contributed by atoms with Gasteiger partial charge in [-0.2, -0.15) is 0 Å². The van der Waals surface area contributed by atoms with E-state index in [1.165, 1.54) is 12.1 Å². The molecule has 0 heterocycles. The van der Waals surface area contributed by atoms with E-state index in [0.29, 0.717) is 11.5 Å². The minimum Gasteiger partial charge on any atom is -0.497 e. The molecule has 0 saturated carbocycles. The maximum absolute atomic E-state index is 12.1. The minimum atomic E-state index is -4.79. The van der Waals surface area contributed by atoms with Gasteiger partial charge in [-0.25, -0.2) is 0 Å². The van der Waals surface area contributed by atoms with Crippen LogP contribution in [0.15, 0.2) is 48.5 Å². The molecule has 27 heavy (non-hydrogen) atoms. The van der Waals surface area contributed by atoms with Gasteiger partial charge in [0.25, 0.3) is 5.91 Å². The van der Waals surface area contributed by atoms with Crippen molar-refractivity contribution >= 4 is 5.91 Å². The number of amides is 1. The molecule has 0 aliphatic carbocycles. The summed E-state index contributed by atoms with van der Waals surface area (Å²) < 4.78 is 50.4. The Morgan fingerprint density at radius 1 is 1.04 bits per heavy atom. The van der Waals surface area contributed by atoms with E-state index in [1.54, 1.807) is 31.4 Å². The normalized spacial score (nSPS) is 12.2. The molecule has 0 aliphatic rings. The molecule has 0 radical (unpaired) electrons. The largest absolute Gasteiger partial charge is 0.573 e. The highest BCUT2D eigenvalue weighted by Crippen LogP contribution is 2.22. The van der Waals surface area contributed by atoms with Crippen molar-refractivity contribution < 1.29 is 37.3 Å². The molecule has 1 amide bonds. The minimum absolute atomic E-state index is 0.0506. The second kappa shape index (κ2) is 9.13. The first-order chi connectivity index (χ1) is 12.8. The molecule has 0 fully saturated rings. The van der Waals surface area contributed by atoms with Crippen LogP contribution in [0.3, 0.4) is 0 Å². The lowest BCUT2D eigenvalue weighted by Gasteiger charge is -2.14. The number of nitrogens with one attached hydrogen (secondary N) is 1. The van der Waals surface area contributed by atoms with E-state index in [9.17, 15) is 23.1 Å². The van der Waals surface area contributed by atoms with Gasteiger partial charge in [0.15, 0.2) is 0 Å². The summed E-state index contributed by atoms with van der Waals surface area (Å²) in [7, 11) is 1.54. The number of hydrogen-bond acceptors (Lipinski definition) is 5. The van der Waals surface area contributed by atoms with Crippen LogP contribution in [0.25, 0.3) is 0 Å². The Bertz CT molecular complexity index is 732. The summed E-state index contributed by atoms with van der Waals surface area (Å²) in [6.07, 6.45) is -5.76. The van der Waals surface area contributed by atoms with E-state index in [1.807, 2.05) is 0 Å². The van der Waals surface area contributed by atoms with Crippen LogP contribution < -0.4 is 19.5 Å². The van der Waals surface area contributed by atoms with Gasteiger partial charge in [-0.05, 0) is 48.5 Å². The average Bonchev–Trinajstić information content (AvgIpc) is 2.64. The number of carbonyl (C=O) groups excluding carboxylic acids is 1. The number of hydrogen-bond donors (Lipinski definition) is 2. The van der Waals surface area contributed by atoms with Crippen molar-refractivity contribution in [2.24, 2.45) is 0 Å². The van der Waals surface area contributed by atoms with Gasteiger partial charge in [-0.15, -0.1) is 13.2 Å². The smallest absolute Gasteiger partial charge is 0.497 e. The van der Waals surface area contributed by atoms with Crippen molar-refractivity contribution in [2.75, 3.05) is 20.3 Å². The fraction of sp³-hybridized carbons (Fsp3) is 0.278. The van der Waals surface area contributed by atoms with Crippen molar-refractivity contribution in [1.29, 1.82) is 0 Å². The van der Waals surface area contributed by atoms with Crippen molar-refractivity contribution in [3.8, 4) is 17.2 Å². The zero-order chi connectivity index (χ0) is 19.9. The number of aliphatic hydroxyl groups excluding tert-OH is 1. The van der Waals surface area contributed by atoms with Gasteiger partial charge in [-0.1, -0.05) is 0 Å². The molecular weight excluding hydrogens is 367 g/mol. The summed E-state index contributed by atoms with van der Waals surface area (Å²) in [5.74, 6) is 0.229. The van der Waals surface area contributed by atoms with Gasteiger partial charge in [0.2, 0.25) is 0 Å². The molecule has 1 atom stereocenters. The van der Waals surface area contributed by atoms with E-state index in [2.05, 4.69) is 10.1 Å². The fourth-order valence-corrected chi connectivity index (χ4v) is 2.04. The molecule has 2 aromatic rings. The van der Waals surface area contributed by atoms with E-state index in [0.717, 1.165) is 12.1 Å². The summed E-state index contributed by atoms with van der Waals surface area (Å²) in [4.78, 5) is 12.0. The lowest BCUT2D eigenvalue weighted by molar-refractivity contribution is -0.274. The lowest BCUT2D eigenvalue weighted by atomic mass is 10.2. The molecule has 0 aromatic heterocycles. The van der Waals surface area contributed by atoms with Crippen molar-refractivity contribution in [3.05, 3.63) is 54.1 Å². The predicted octanol–water partition coefficient (Wildman–Crippen LogP) is 2.76. The molecule has 9 heteroatoms. The van der Waals surface area contributed by atoms with Crippen LogP contribution in [0.2, 0.25) is 0 Å². The maximum atomic E-state index is 12.1. The number of halogens is 3. The van der Waals surface area contributed by atoms with Crippen molar-refractivity contribution in [1.82, 2.24) is 5.32 Å². The monoisotopic (exact) mass is 385 g/mol. The van der Waals surface area contributed by atoms with Gasteiger partial charge >= 0.3 is 6.36 Å². The Hall–Kier alpha value is -2.94. The number of ether oxygens (including phenoxy) is 3. The molecule has 146 valence electrons. The van der Waals surface area contributed by atoms with Crippen molar-refractivity contribution in [3.63, 3.8) is 0 Å². The summed E-state index contributed by atoms with van der Waals surface area (Å²) >= 11 is 0. The summed E-state index contributed by atoms with van der Waals surface area (Å²) in [5.41, 5.74) is 0.132. The highest BCUT2D eigenvalue weighted by atomic mass is 19.4. The van der Waals surface area contributed by atoms with E-state index < -0.39 is 24.1 Å². The molecule has 0 spiro atoms. The number of rotatable bonds is 8.